The predicted molar refractivity (Wildman–Crippen MR) is 194 cm³/mol. The first-order valence-corrected chi connectivity index (χ1v) is 18.6. The molecule has 49 heavy (non-hydrogen) atoms. The summed E-state index contributed by atoms with van der Waals surface area (Å²) >= 11 is 0. The van der Waals surface area contributed by atoms with Crippen molar-refractivity contribution in [3.8, 4) is 5.75 Å². The van der Waals surface area contributed by atoms with E-state index in [1.165, 1.54) is 0 Å². The third kappa shape index (κ3) is 9.29. The van der Waals surface area contributed by atoms with Crippen LogP contribution in [0, 0.1) is 13.8 Å². The minimum absolute atomic E-state index is 0.0391. The molecule has 258 valence electrons. The summed E-state index contributed by atoms with van der Waals surface area (Å²) in [6, 6.07) is 29.8. The molecule has 1 fully saturated rings. The molecule has 0 radical (unpaired) electrons. The van der Waals surface area contributed by atoms with Gasteiger partial charge >= 0.3 is 0 Å². The fraction of sp³-hybridized carbons (Fsp3) is 0.350. The third-order valence-corrected chi connectivity index (χ3v) is 10.9. The Labute approximate surface area is 291 Å². The molecule has 0 aromatic heterocycles. The van der Waals surface area contributed by atoms with Gasteiger partial charge < -0.3 is 15.0 Å². The maximum absolute atomic E-state index is 14.8. The highest BCUT2D eigenvalue weighted by atomic mass is 32.2. The predicted octanol–water partition coefficient (Wildman–Crippen LogP) is 6.99. The Morgan fingerprint density at radius 3 is 2.14 bits per heavy atom. The Bertz CT molecular complexity index is 1790. The van der Waals surface area contributed by atoms with Crippen LogP contribution in [0.5, 0.6) is 5.75 Å². The van der Waals surface area contributed by atoms with Gasteiger partial charge in [0.2, 0.25) is 11.8 Å². The Hall–Kier alpha value is -4.63. The SMILES string of the molecule is CCOc1ccc(N(CC(=O)N(Cc2ccccc2C)[C@@H](Cc2ccccc2)C(=O)NC2CCCCC2)S(=O)(=O)c2ccc(C)cc2)cc1. The van der Waals surface area contributed by atoms with Gasteiger partial charge in [-0.05, 0) is 86.7 Å². The van der Waals surface area contributed by atoms with Crippen molar-refractivity contribution in [1.82, 2.24) is 10.2 Å². The summed E-state index contributed by atoms with van der Waals surface area (Å²) < 4.78 is 35.4. The van der Waals surface area contributed by atoms with Crippen molar-refractivity contribution in [2.24, 2.45) is 0 Å². The molecule has 0 spiro atoms. The summed E-state index contributed by atoms with van der Waals surface area (Å²) in [6.45, 7) is 5.84. The minimum atomic E-state index is -4.19. The smallest absolute Gasteiger partial charge is 0.264 e. The summed E-state index contributed by atoms with van der Waals surface area (Å²) in [5, 5.41) is 3.26. The van der Waals surface area contributed by atoms with Gasteiger partial charge in [-0.15, -0.1) is 0 Å². The molecule has 1 aliphatic carbocycles. The lowest BCUT2D eigenvalue weighted by Gasteiger charge is -2.35. The second-order valence-electron chi connectivity index (χ2n) is 12.7. The topological polar surface area (TPSA) is 96.0 Å². The Morgan fingerprint density at radius 2 is 1.49 bits per heavy atom. The molecular formula is C40H47N3O5S. The Balaban J connectivity index is 1.57. The summed E-state index contributed by atoms with van der Waals surface area (Å²) in [6.07, 6.45) is 5.33. The van der Waals surface area contributed by atoms with E-state index >= 15 is 0 Å². The highest BCUT2D eigenvalue weighted by molar-refractivity contribution is 7.92. The first-order valence-electron chi connectivity index (χ1n) is 17.2. The van der Waals surface area contributed by atoms with Gasteiger partial charge in [0.1, 0.15) is 18.3 Å². The number of carbonyl (C=O) groups excluding carboxylic acids is 2. The van der Waals surface area contributed by atoms with Crippen LogP contribution in [0.15, 0.2) is 108 Å². The zero-order valence-corrected chi connectivity index (χ0v) is 29.5. The van der Waals surface area contributed by atoms with Crippen LogP contribution in [0.1, 0.15) is 61.3 Å². The molecule has 2 amide bonds. The van der Waals surface area contributed by atoms with E-state index in [0.29, 0.717) is 18.0 Å². The molecule has 0 aliphatic heterocycles. The van der Waals surface area contributed by atoms with Gasteiger partial charge in [0.25, 0.3) is 10.0 Å². The highest BCUT2D eigenvalue weighted by Crippen LogP contribution is 2.28. The van der Waals surface area contributed by atoms with Gasteiger partial charge in [0.05, 0.1) is 17.2 Å². The van der Waals surface area contributed by atoms with E-state index in [2.05, 4.69) is 5.32 Å². The quantitative estimate of drug-likeness (QED) is 0.155. The molecule has 0 unspecified atom stereocenters. The average Bonchev–Trinajstić information content (AvgIpc) is 3.11. The van der Waals surface area contributed by atoms with Crippen molar-refractivity contribution in [3.63, 3.8) is 0 Å². The molecule has 4 aromatic carbocycles. The lowest BCUT2D eigenvalue weighted by Crippen LogP contribution is -2.55. The fourth-order valence-corrected chi connectivity index (χ4v) is 7.72. The molecule has 0 heterocycles. The molecular weight excluding hydrogens is 635 g/mol. The van der Waals surface area contributed by atoms with Crippen molar-refractivity contribution in [2.45, 2.75) is 82.8 Å². The van der Waals surface area contributed by atoms with Crippen LogP contribution in [-0.2, 0) is 32.6 Å². The van der Waals surface area contributed by atoms with E-state index in [1.54, 1.807) is 53.4 Å². The second kappa shape index (κ2) is 16.7. The number of ether oxygens (including phenoxy) is 1. The number of hydrogen-bond donors (Lipinski definition) is 1. The number of benzene rings is 4. The molecule has 4 aromatic rings. The van der Waals surface area contributed by atoms with Crippen LogP contribution in [0.2, 0.25) is 0 Å². The van der Waals surface area contributed by atoms with Gasteiger partial charge in [0.15, 0.2) is 0 Å². The molecule has 9 heteroatoms. The number of sulfonamides is 1. The van der Waals surface area contributed by atoms with Gasteiger partial charge in [-0.1, -0.05) is 91.6 Å². The number of rotatable bonds is 14. The third-order valence-electron chi connectivity index (χ3n) is 9.15. The average molecular weight is 682 g/mol. The standard InChI is InChI=1S/C40H47N3O5S/c1-4-48-36-23-21-35(22-24-36)43(49(46,47)37-25-19-30(2)20-26-37)29-39(44)42(28-33-16-12-11-13-31(33)3)38(27-32-14-7-5-8-15-32)40(45)41-34-17-9-6-10-18-34/h5,7-8,11-16,19-26,34,38H,4,6,9-10,17-18,27-29H2,1-3H3,(H,41,45)/t38-/m0/s1. The summed E-state index contributed by atoms with van der Waals surface area (Å²) in [7, 11) is -4.19. The maximum Gasteiger partial charge on any atom is 0.264 e. The molecule has 8 nitrogen and oxygen atoms in total. The van der Waals surface area contributed by atoms with E-state index in [1.807, 2.05) is 75.4 Å². The number of anilines is 1. The van der Waals surface area contributed by atoms with Crippen LogP contribution in [0.3, 0.4) is 0 Å². The number of amides is 2. The van der Waals surface area contributed by atoms with E-state index in [0.717, 1.165) is 58.7 Å². The molecule has 0 bridgehead atoms. The Morgan fingerprint density at radius 1 is 0.837 bits per heavy atom. The molecule has 1 N–H and O–H groups in total. The summed E-state index contributed by atoms with van der Waals surface area (Å²) in [5.74, 6) is -0.118. The Kier molecular flexibility index (Phi) is 12.1. The summed E-state index contributed by atoms with van der Waals surface area (Å²) in [4.78, 5) is 30.7. The molecule has 1 aliphatic rings. The van der Waals surface area contributed by atoms with E-state index in [-0.39, 0.29) is 29.8 Å². The zero-order chi connectivity index (χ0) is 34.8. The van der Waals surface area contributed by atoms with Gasteiger partial charge in [0, 0.05) is 19.0 Å². The lowest BCUT2D eigenvalue weighted by molar-refractivity contribution is -0.140. The zero-order valence-electron chi connectivity index (χ0n) is 28.7. The van der Waals surface area contributed by atoms with E-state index < -0.39 is 28.5 Å². The maximum atomic E-state index is 14.8. The van der Waals surface area contributed by atoms with E-state index in [4.69, 9.17) is 4.74 Å². The van der Waals surface area contributed by atoms with Crippen LogP contribution in [0.4, 0.5) is 5.69 Å². The van der Waals surface area contributed by atoms with Crippen LogP contribution < -0.4 is 14.4 Å². The number of nitrogens with one attached hydrogen (secondary N) is 1. The first kappa shape index (κ1) is 35.7. The molecule has 5 rings (SSSR count). The lowest BCUT2D eigenvalue weighted by atomic mass is 9.94. The largest absolute Gasteiger partial charge is 0.494 e. The molecule has 1 saturated carbocycles. The van der Waals surface area contributed by atoms with Crippen molar-refractivity contribution in [2.75, 3.05) is 17.5 Å². The van der Waals surface area contributed by atoms with Crippen LogP contribution in [0.25, 0.3) is 0 Å². The van der Waals surface area contributed by atoms with Gasteiger partial charge in [-0.3, -0.25) is 13.9 Å². The number of hydrogen-bond acceptors (Lipinski definition) is 5. The monoisotopic (exact) mass is 681 g/mol. The minimum Gasteiger partial charge on any atom is -0.494 e. The van der Waals surface area contributed by atoms with Crippen LogP contribution >= 0.6 is 0 Å². The second-order valence-corrected chi connectivity index (χ2v) is 14.6. The van der Waals surface area contributed by atoms with Crippen molar-refractivity contribution in [3.05, 3.63) is 125 Å². The molecule has 1 atom stereocenters. The van der Waals surface area contributed by atoms with Crippen molar-refractivity contribution < 1.29 is 22.7 Å². The van der Waals surface area contributed by atoms with Gasteiger partial charge in [-0.2, -0.15) is 0 Å². The van der Waals surface area contributed by atoms with Crippen LogP contribution in [-0.4, -0.2) is 50.4 Å². The fourth-order valence-electron chi connectivity index (χ4n) is 6.31. The highest BCUT2D eigenvalue weighted by Gasteiger charge is 2.35. The number of aryl methyl sites for hydroxylation is 2. The van der Waals surface area contributed by atoms with Gasteiger partial charge in [-0.25, -0.2) is 8.42 Å². The summed E-state index contributed by atoms with van der Waals surface area (Å²) in [5.41, 5.74) is 4.00. The van der Waals surface area contributed by atoms with Crippen molar-refractivity contribution in [1.29, 1.82) is 0 Å². The number of nitrogens with zero attached hydrogens (tertiary/aromatic N) is 2. The van der Waals surface area contributed by atoms with E-state index in [9.17, 15) is 18.0 Å². The first-order chi connectivity index (χ1) is 23.7. The van der Waals surface area contributed by atoms with Crippen molar-refractivity contribution >= 4 is 27.5 Å². The number of carbonyl (C=O) groups is 2. The normalized spacial score (nSPS) is 14.1. The molecule has 0 saturated heterocycles.